The number of halogens is 2. The molecule has 0 amide bonds. The van der Waals surface area contributed by atoms with Crippen molar-refractivity contribution in [3.05, 3.63) is 0 Å². The molecule has 0 saturated carbocycles. The van der Waals surface area contributed by atoms with Crippen LogP contribution in [0.15, 0.2) is 0 Å². The summed E-state index contributed by atoms with van der Waals surface area (Å²) in [5, 5.41) is 0. The molecule has 0 bridgehead atoms. The fourth-order valence-corrected chi connectivity index (χ4v) is 0.883. The molecule has 70 valence electrons. The molecule has 11 heavy (non-hydrogen) atoms. The van der Waals surface area contributed by atoms with Crippen molar-refractivity contribution in [2.24, 2.45) is 0 Å². The van der Waals surface area contributed by atoms with E-state index >= 15 is 0 Å². The molecule has 0 spiro atoms. The van der Waals surface area contributed by atoms with Crippen molar-refractivity contribution < 1.29 is 18.2 Å². The summed E-state index contributed by atoms with van der Waals surface area (Å²) in [6.07, 6.45) is 2.50. The van der Waals surface area contributed by atoms with Gasteiger partial charge in [0.25, 0.3) is 0 Å². The summed E-state index contributed by atoms with van der Waals surface area (Å²) in [4.78, 5) is 7.98. The lowest BCUT2D eigenvalue weighted by atomic mass is 10.3. The first-order valence-electron chi connectivity index (χ1n) is 3.23. The Morgan fingerprint density at radius 3 is 2.45 bits per heavy atom. The predicted octanol–water partition coefficient (Wildman–Crippen LogP) is 2.88. The topological polar surface area (TPSA) is 46.5 Å². The van der Waals surface area contributed by atoms with Gasteiger partial charge in [0, 0.05) is 0 Å². The van der Waals surface area contributed by atoms with Crippen molar-refractivity contribution in [2.75, 3.05) is 6.61 Å². The molecule has 0 aromatic heterocycles. The van der Waals surface area contributed by atoms with Gasteiger partial charge in [0.15, 0.2) is 0 Å². The van der Waals surface area contributed by atoms with Crippen LogP contribution < -0.4 is 0 Å². The lowest BCUT2D eigenvalue weighted by Crippen LogP contribution is -1.88. The number of rotatable bonds is 5. The SMILES string of the molecule is CCCCCOP(=O)(O)F.I. The van der Waals surface area contributed by atoms with Crippen LogP contribution in [0.3, 0.4) is 0 Å². The Bertz CT molecular complexity index is 127. The van der Waals surface area contributed by atoms with E-state index in [2.05, 4.69) is 4.52 Å². The minimum atomic E-state index is -4.71. The van der Waals surface area contributed by atoms with Crippen LogP contribution in [-0.4, -0.2) is 11.5 Å². The van der Waals surface area contributed by atoms with Gasteiger partial charge in [-0.05, 0) is 6.42 Å². The maximum absolute atomic E-state index is 11.7. The van der Waals surface area contributed by atoms with E-state index in [4.69, 9.17) is 4.89 Å². The average molecular weight is 298 g/mol. The monoisotopic (exact) mass is 298 g/mol. The van der Waals surface area contributed by atoms with Crippen molar-refractivity contribution in [1.82, 2.24) is 0 Å². The van der Waals surface area contributed by atoms with E-state index in [1.165, 1.54) is 0 Å². The van der Waals surface area contributed by atoms with Gasteiger partial charge in [-0.2, -0.15) is 0 Å². The molecule has 0 heterocycles. The highest BCUT2D eigenvalue weighted by molar-refractivity contribution is 14.0. The molecule has 0 aromatic rings. The predicted molar refractivity (Wildman–Crippen MR) is 51.8 cm³/mol. The molecular weight excluding hydrogens is 285 g/mol. The number of hydrogen-bond acceptors (Lipinski definition) is 2. The second-order valence-electron chi connectivity index (χ2n) is 1.99. The Labute approximate surface area is 83.0 Å². The Kier molecular flexibility index (Phi) is 9.72. The number of unbranched alkanes of at least 4 members (excludes halogenated alkanes) is 2. The fourth-order valence-electron chi connectivity index (χ4n) is 0.529. The van der Waals surface area contributed by atoms with Gasteiger partial charge >= 0.3 is 7.91 Å². The van der Waals surface area contributed by atoms with Crippen LogP contribution in [0.1, 0.15) is 26.2 Å². The first-order valence-corrected chi connectivity index (χ1v) is 4.70. The maximum atomic E-state index is 11.7. The molecule has 6 heteroatoms. The minimum Gasteiger partial charge on any atom is -0.299 e. The molecule has 0 aliphatic carbocycles. The largest absolute Gasteiger partial charge is 0.510 e. The summed E-state index contributed by atoms with van der Waals surface area (Å²) >= 11 is 0. The second kappa shape index (κ2) is 7.46. The summed E-state index contributed by atoms with van der Waals surface area (Å²) in [7, 11) is -4.71. The lowest BCUT2D eigenvalue weighted by molar-refractivity contribution is 0.222. The fraction of sp³-hybridized carbons (Fsp3) is 1.00. The molecule has 0 aromatic carbocycles. The zero-order valence-electron chi connectivity index (χ0n) is 6.33. The summed E-state index contributed by atoms with van der Waals surface area (Å²) in [6, 6.07) is 0. The first-order chi connectivity index (χ1) is 4.56. The van der Waals surface area contributed by atoms with Crippen LogP contribution in [0.25, 0.3) is 0 Å². The molecule has 1 unspecified atom stereocenters. The third-order valence-corrected chi connectivity index (χ3v) is 1.50. The van der Waals surface area contributed by atoms with Gasteiger partial charge in [-0.1, -0.05) is 19.8 Å². The van der Waals surface area contributed by atoms with E-state index in [1.807, 2.05) is 6.92 Å². The molecule has 0 fully saturated rings. The average Bonchev–Trinajstić information content (AvgIpc) is 1.78. The smallest absolute Gasteiger partial charge is 0.299 e. The Morgan fingerprint density at radius 2 is 2.09 bits per heavy atom. The zero-order valence-corrected chi connectivity index (χ0v) is 9.55. The Morgan fingerprint density at radius 1 is 1.55 bits per heavy atom. The van der Waals surface area contributed by atoms with E-state index in [0.29, 0.717) is 6.42 Å². The van der Waals surface area contributed by atoms with E-state index in [9.17, 15) is 8.76 Å². The van der Waals surface area contributed by atoms with Gasteiger partial charge in [0.05, 0.1) is 6.61 Å². The highest BCUT2D eigenvalue weighted by Gasteiger charge is 2.15. The zero-order chi connectivity index (χ0) is 8.04. The summed E-state index contributed by atoms with van der Waals surface area (Å²) in [5.41, 5.74) is 0. The Hall–Kier alpha value is 0.810. The van der Waals surface area contributed by atoms with Crippen LogP contribution in [0.5, 0.6) is 0 Å². The van der Waals surface area contributed by atoms with Crippen molar-refractivity contribution in [3.8, 4) is 0 Å². The van der Waals surface area contributed by atoms with Crippen LogP contribution in [0.2, 0.25) is 0 Å². The Balaban J connectivity index is 0. The van der Waals surface area contributed by atoms with Crippen molar-refractivity contribution in [2.45, 2.75) is 26.2 Å². The van der Waals surface area contributed by atoms with Gasteiger partial charge in [-0.3, -0.25) is 9.42 Å². The summed E-state index contributed by atoms with van der Waals surface area (Å²) in [5.74, 6) is 0. The molecule has 1 N–H and O–H groups in total. The van der Waals surface area contributed by atoms with E-state index in [1.54, 1.807) is 0 Å². The highest BCUT2D eigenvalue weighted by Crippen LogP contribution is 2.43. The molecular formula is C5H13FIO3P. The summed E-state index contributed by atoms with van der Waals surface area (Å²) in [6.45, 7) is 2.01. The summed E-state index contributed by atoms with van der Waals surface area (Å²) < 4.78 is 25.5. The first kappa shape index (κ1) is 14.3. The second-order valence-corrected chi connectivity index (χ2v) is 3.15. The standard InChI is InChI=1S/C5H12FO3P.HI/c1-2-3-4-5-9-10(6,7)8;/h2-5H2,1H3,(H,7,8);1H. The van der Waals surface area contributed by atoms with Crippen molar-refractivity contribution in [3.63, 3.8) is 0 Å². The minimum absolute atomic E-state index is 0. The third-order valence-electron chi connectivity index (χ3n) is 0.998. The quantitative estimate of drug-likeness (QED) is 0.482. The van der Waals surface area contributed by atoms with Crippen molar-refractivity contribution in [1.29, 1.82) is 0 Å². The van der Waals surface area contributed by atoms with Crippen molar-refractivity contribution >= 4 is 31.9 Å². The molecule has 0 aliphatic rings. The molecule has 3 nitrogen and oxygen atoms in total. The van der Waals surface area contributed by atoms with Crippen LogP contribution in [0.4, 0.5) is 4.20 Å². The lowest BCUT2D eigenvalue weighted by Gasteiger charge is -2.00. The highest BCUT2D eigenvalue weighted by atomic mass is 127. The van der Waals surface area contributed by atoms with Crippen LogP contribution in [-0.2, 0) is 9.09 Å². The van der Waals surface area contributed by atoms with Gasteiger partial charge in [-0.25, -0.2) is 4.57 Å². The third kappa shape index (κ3) is 13.8. The van der Waals surface area contributed by atoms with Gasteiger partial charge in [0.1, 0.15) is 0 Å². The molecule has 0 saturated heterocycles. The van der Waals surface area contributed by atoms with Crippen LogP contribution in [0, 0.1) is 0 Å². The maximum Gasteiger partial charge on any atom is 0.510 e. The van der Waals surface area contributed by atoms with E-state index in [-0.39, 0.29) is 30.6 Å². The molecule has 0 aliphatic heterocycles. The molecule has 0 radical (unpaired) electrons. The van der Waals surface area contributed by atoms with E-state index < -0.39 is 7.91 Å². The van der Waals surface area contributed by atoms with Crippen LogP contribution >= 0.6 is 31.9 Å². The van der Waals surface area contributed by atoms with Gasteiger partial charge in [0.2, 0.25) is 0 Å². The molecule has 0 rings (SSSR count). The molecule has 1 atom stereocenters. The van der Waals surface area contributed by atoms with Gasteiger partial charge in [-0.15, -0.1) is 28.2 Å². The van der Waals surface area contributed by atoms with Gasteiger partial charge < -0.3 is 0 Å². The number of hydrogen-bond donors (Lipinski definition) is 1. The normalized spacial score (nSPS) is 15.2. The van der Waals surface area contributed by atoms with E-state index in [0.717, 1.165) is 12.8 Å².